The number of carboxylic acid groups (broad SMARTS) is 1. The summed E-state index contributed by atoms with van der Waals surface area (Å²) in [6, 6.07) is 4.33. The highest BCUT2D eigenvalue weighted by Gasteiger charge is 2.67. The number of ether oxygens (including phenoxy) is 1. The Labute approximate surface area is 184 Å². The van der Waals surface area contributed by atoms with Crippen LogP contribution >= 0.6 is 39.3 Å². The number of methoxy groups -OCH3 is 1. The third-order valence-corrected chi connectivity index (χ3v) is 7.54. The molecule has 3 unspecified atom stereocenters. The minimum Gasteiger partial charge on any atom is -0.477 e. The monoisotopic (exact) mass is 503 g/mol. The molecule has 2 aliphatic rings. The number of carboxylic acids is 1. The van der Waals surface area contributed by atoms with Gasteiger partial charge in [-0.15, -0.1) is 11.8 Å². The summed E-state index contributed by atoms with van der Waals surface area (Å²) in [7, 11) is 1.27. The first-order chi connectivity index (χ1) is 13.5. The van der Waals surface area contributed by atoms with Gasteiger partial charge < -0.3 is 20.9 Å². The number of amides is 2. The Balaban J connectivity index is 1.90. The first kappa shape index (κ1) is 22.1. The van der Waals surface area contributed by atoms with Crippen molar-refractivity contribution >= 4 is 57.1 Å². The average Bonchev–Trinajstić information content (AvgIpc) is 2.68. The SMILES string of the molecule is COC1(NC(=O)C(N)c2cc(Br)ccc2C)C(=O)N2C(C(=O)O)=C(Cl)C(C)S[C@H]21. The summed E-state index contributed by atoms with van der Waals surface area (Å²) in [4.78, 5) is 38.5. The van der Waals surface area contributed by atoms with E-state index in [-0.39, 0.29) is 10.7 Å². The third-order valence-electron chi connectivity index (χ3n) is 4.97. The number of rotatable bonds is 5. The Kier molecular flexibility index (Phi) is 6.03. The van der Waals surface area contributed by atoms with Crippen molar-refractivity contribution in [2.75, 3.05) is 7.11 Å². The number of aliphatic carboxylic acids is 1. The van der Waals surface area contributed by atoms with Gasteiger partial charge in [0.15, 0.2) is 0 Å². The molecule has 4 N–H and O–H groups in total. The molecule has 0 bridgehead atoms. The number of carbonyl (C=O) groups excluding carboxylic acids is 2. The van der Waals surface area contributed by atoms with Crippen LogP contribution in [-0.2, 0) is 19.1 Å². The lowest BCUT2D eigenvalue weighted by Crippen LogP contribution is -2.81. The van der Waals surface area contributed by atoms with Crippen molar-refractivity contribution in [3.8, 4) is 0 Å². The van der Waals surface area contributed by atoms with E-state index in [1.54, 1.807) is 13.0 Å². The lowest BCUT2D eigenvalue weighted by Gasteiger charge is -2.56. The smallest absolute Gasteiger partial charge is 0.353 e. The molecule has 8 nitrogen and oxygen atoms in total. The number of nitrogens with zero attached hydrogens (tertiary/aromatic N) is 1. The minimum absolute atomic E-state index is 0.0598. The van der Waals surface area contributed by atoms with Gasteiger partial charge in [0.1, 0.15) is 17.1 Å². The molecule has 4 atom stereocenters. The normalized spacial score (nSPS) is 27.2. The molecule has 1 aromatic carbocycles. The zero-order chi connectivity index (χ0) is 21.7. The van der Waals surface area contributed by atoms with Crippen LogP contribution in [0.5, 0.6) is 0 Å². The van der Waals surface area contributed by atoms with Gasteiger partial charge in [-0.05, 0) is 37.1 Å². The number of benzene rings is 1. The molecule has 2 amide bonds. The number of halogens is 2. The number of thioether (sulfide) groups is 1. The molecule has 1 aromatic rings. The van der Waals surface area contributed by atoms with Gasteiger partial charge in [-0.3, -0.25) is 14.5 Å². The summed E-state index contributed by atoms with van der Waals surface area (Å²) in [5, 5.41) is 11.0. The van der Waals surface area contributed by atoms with E-state index in [0.29, 0.717) is 5.56 Å². The topological polar surface area (TPSA) is 122 Å². The predicted molar refractivity (Wildman–Crippen MR) is 112 cm³/mol. The van der Waals surface area contributed by atoms with Crippen LogP contribution in [0.4, 0.5) is 0 Å². The fourth-order valence-corrected chi connectivity index (χ4v) is 5.44. The summed E-state index contributed by atoms with van der Waals surface area (Å²) in [5.41, 5.74) is 5.51. The second-order valence-corrected chi connectivity index (χ2v) is 9.46. The highest BCUT2D eigenvalue weighted by Crippen LogP contribution is 2.50. The lowest BCUT2D eigenvalue weighted by atomic mass is 9.96. The number of fused-ring (bicyclic) bond motifs is 1. The minimum atomic E-state index is -1.73. The van der Waals surface area contributed by atoms with Gasteiger partial charge in [0.25, 0.3) is 11.6 Å². The second kappa shape index (κ2) is 7.92. The van der Waals surface area contributed by atoms with Crippen molar-refractivity contribution in [3.63, 3.8) is 0 Å². The summed E-state index contributed by atoms with van der Waals surface area (Å²) in [6.45, 7) is 3.54. The molecule has 11 heteroatoms. The number of nitrogens with two attached hydrogens (primary N) is 1. The van der Waals surface area contributed by atoms with Crippen molar-refractivity contribution in [1.82, 2.24) is 10.2 Å². The number of hydrogen-bond acceptors (Lipinski definition) is 6. The Morgan fingerprint density at radius 1 is 1.48 bits per heavy atom. The third kappa shape index (κ3) is 3.46. The fraction of sp³-hybridized carbons (Fsp3) is 0.389. The molecular formula is C18H19BrClN3O5S. The summed E-state index contributed by atoms with van der Waals surface area (Å²) in [5.74, 6) is -2.66. The van der Waals surface area contributed by atoms with Gasteiger partial charge >= 0.3 is 5.97 Å². The van der Waals surface area contributed by atoms with E-state index in [0.717, 1.165) is 14.9 Å². The molecule has 0 radical (unpaired) electrons. The molecule has 0 saturated carbocycles. The number of carbonyl (C=O) groups is 3. The Bertz CT molecular complexity index is 942. The van der Waals surface area contributed by atoms with Crippen molar-refractivity contribution in [1.29, 1.82) is 0 Å². The maximum absolute atomic E-state index is 12.9. The molecule has 0 spiro atoms. The van der Waals surface area contributed by atoms with Crippen LogP contribution in [0.15, 0.2) is 33.4 Å². The van der Waals surface area contributed by atoms with E-state index in [9.17, 15) is 19.5 Å². The van der Waals surface area contributed by atoms with Gasteiger partial charge in [-0.25, -0.2) is 4.79 Å². The van der Waals surface area contributed by atoms with Crippen LogP contribution in [0.25, 0.3) is 0 Å². The van der Waals surface area contributed by atoms with E-state index in [1.807, 2.05) is 19.1 Å². The van der Waals surface area contributed by atoms with Gasteiger partial charge in [-0.2, -0.15) is 0 Å². The van der Waals surface area contributed by atoms with E-state index in [4.69, 9.17) is 22.1 Å². The van der Waals surface area contributed by atoms with Crippen molar-refractivity contribution < 1.29 is 24.2 Å². The molecule has 0 aliphatic carbocycles. The van der Waals surface area contributed by atoms with Gasteiger partial charge in [-0.1, -0.05) is 33.6 Å². The number of β-lactam (4-membered cyclic amide) rings is 1. The Hall–Kier alpha value is -1.59. The van der Waals surface area contributed by atoms with Crippen molar-refractivity contribution in [3.05, 3.63) is 44.5 Å². The first-order valence-corrected chi connectivity index (χ1v) is 10.7. The van der Waals surface area contributed by atoms with Crippen LogP contribution in [0.2, 0.25) is 0 Å². The molecular weight excluding hydrogens is 486 g/mol. The van der Waals surface area contributed by atoms with Crippen molar-refractivity contribution in [2.45, 2.75) is 36.2 Å². The molecule has 1 fully saturated rings. The maximum atomic E-state index is 12.9. The van der Waals surface area contributed by atoms with Gasteiger partial charge in [0.05, 0.1) is 5.03 Å². The first-order valence-electron chi connectivity index (χ1n) is 8.56. The fourth-order valence-electron chi connectivity index (χ4n) is 3.35. The molecule has 29 heavy (non-hydrogen) atoms. The quantitative estimate of drug-likeness (QED) is 0.414. The predicted octanol–water partition coefficient (Wildman–Crippen LogP) is 2.05. The Morgan fingerprint density at radius 2 is 2.14 bits per heavy atom. The van der Waals surface area contributed by atoms with E-state index in [1.165, 1.54) is 18.9 Å². The highest BCUT2D eigenvalue weighted by atomic mass is 79.9. The Morgan fingerprint density at radius 3 is 2.72 bits per heavy atom. The zero-order valence-electron chi connectivity index (χ0n) is 15.7. The number of hydrogen-bond donors (Lipinski definition) is 3. The van der Waals surface area contributed by atoms with Crippen LogP contribution in [0.3, 0.4) is 0 Å². The number of aryl methyl sites for hydroxylation is 1. The largest absolute Gasteiger partial charge is 0.477 e. The molecule has 156 valence electrons. The summed E-state index contributed by atoms with van der Waals surface area (Å²) >= 11 is 10.7. The second-order valence-electron chi connectivity index (χ2n) is 6.72. The number of nitrogens with one attached hydrogen (secondary N) is 1. The standard InChI is InChI=1S/C18H19BrClN3O5S/c1-7-4-5-9(19)6-10(7)12(21)14(24)22-18(28-3)16(27)23-13(15(25)26)11(20)8(2)29-17(18)23/h4-6,8,12,17H,21H2,1-3H3,(H,22,24)(H,25,26)/t8?,12?,17-,18?/m0/s1. The van der Waals surface area contributed by atoms with E-state index >= 15 is 0 Å². The maximum Gasteiger partial charge on any atom is 0.353 e. The molecule has 0 aromatic heterocycles. The molecule has 1 saturated heterocycles. The lowest BCUT2D eigenvalue weighted by molar-refractivity contribution is -0.192. The van der Waals surface area contributed by atoms with Crippen LogP contribution < -0.4 is 11.1 Å². The summed E-state index contributed by atoms with van der Waals surface area (Å²) in [6.07, 6.45) is 0. The highest BCUT2D eigenvalue weighted by molar-refractivity contribution is 9.10. The van der Waals surface area contributed by atoms with Crippen molar-refractivity contribution in [2.24, 2.45) is 5.73 Å². The van der Waals surface area contributed by atoms with Gasteiger partial charge in [0.2, 0.25) is 5.91 Å². The average molecular weight is 505 g/mol. The summed E-state index contributed by atoms with van der Waals surface area (Å²) < 4.78 is 6.17. The molecule has 2 heterocycles. The van der Waals surface area contributed by atoms with Crippen LogP contribution in [-0.4, -0.2) is 51.2 Å². The van der Waals surface area contributed by atoms with Crippen LogP contribution in [0.1, 0.15) is 24.1 Å². The van der Waals surface area contributed by atoms with Gasteiger partial charge in [0, 0.05) is 16.8 Å². The molecule has 3 rings (SSSR count). The molecule has 2 aliphatic heterocycles. The van der Waals surface area contributed by atoms with Crippen LogP contribution in [0, 0.1) is 6.92 Å². The zero-order valence-corrected chi connectivity index (χ0v) is 18.9. The van der Waals surface area contributed by atoms with E-state index in [2.05, 4.69) is 21.2 Å². The van der Waals surface area contributed by atoms with E-state index < -0.39 is 40.2 Å².